The molecule has 0 saturated carbocycles. The van der Waals surface area contributed by atoms with E-state index < -0.39 is 6.10 Å². The molecule has 0 unspecified atom stereocenters. The second kappa shape index (κ2) is 5.56. The van der Waals surface area contributed by atoms with Crippen LogP contribution >= 0.6 is 0 Å². The van der Waals surface area contributed by atoms with Crippen molar-refractivity contribution in [2.24, 2.45) is 17.3 Å². The first-order chi connectivity index (χ1) is 10.7. The summed E-state index contributed by atoms with van der Waals surface area (Å²) < 4.78 is 5.94. The number of aliphatic hydroxyl groups is 1. The fraction of sp³-hybridized carbons (Fsp3) is 0.750. The van der Waals surface area contributed by atoms with Gasteiger partial charge in [-0.1, -0.05) is 38.0 Å². The number of rotatable bonds is 1. The Labute approximate surface area is 139 Å². The lowest BCUT2D eigenvalue weighted by atomic mass is 9.68. The van der Waals surface area contributed by atoms with Crippen LogP contribution in [0.25, 0.3) is 0 Å². The molecule has 1 heterocycles. The smallest absolute Gasteiger partial charge is 0.162 e. The molecular weight excluding hydrogens is 288 g/mol. The van der Waals surface area contributed by atoms with Crippen LogP contribution in [0, 0.1) is 17.3 Å². The number of carbonyl (C=O) groups excluding carboxylic acids is 1. The van der Waals surface area contributed by atoms with Crippen molar-refractivity contribution >= 4 is 5.78 Å². The summed E-state index contributed by atoms with van der Waals surface area (Å²) in [5, 5.41) is 10.3. The van der Waals surface area contributed by atoms with Gasteiger partial charge in [-0.05, 0) is 51.0 Å². The number of allylic oxidation sites excluding steroid dienone is 3. The highest BCUT2D eigenvalue weighted by molar-refractivity contribution is 5.98. The summed E-state index contributed by atoms with van der Waals surface area (Å²) in [4.78, 5) is 12.8. The van der Waals surface area contributed by atoms with E-state index >= 15 is 0 Å². The summed E-state index contributed by atoms with van der Waals surface area (Å²) in [5.74, 6) is 0.963. The van der Waals surface area contributed by atoms with Crippen LogP contribution in [0.5, 0.6) is 0 Å². The van der Waals surface area contributed by atoms with Crippen LogP contribution < -0.4 is 0 Å². The van der Waals surface area contributed by atoms with Gasteiger partial charge >= 0.3 is 0 Å². The fourth-order valence-corrected chi connectivity index (χ4v) is 4.62. The first kappa shape index (κ1) is 16.9. The monoisotopic (exact) mass is 318 g/mol. The zero-order chi connectivity index (χ0) is 17.0. The molecule has 0 spiro atoms. The Morgan fingerprint density at radius 1 is 1.30 bits per heavy atom. The lowest BCUT2D eigenvalue weighted by Crippen LogP contribution is -2.34. The summed E-state index contributed by atoms with van der Waals surface area (Å²) >= 11 is 0. The van der Waals surface area contributed by atoms with E-state index in [2.05, 4.69) is 34.6 Å². The molecule has 0 aromatic heterocycles. The first-order valence-electron chi connectivity index (χ1n) is 8.95. The van der Waals surface area contributed by atoms with Crippen molar-refractivity contribution in [1.29, 1.82) is 0 Å². The van der Waals surface area contributed by atoms with Gasteiger partial charge in [0.05, 0.1) is 17.8 Å². The molecule has 1 fully saturated rings. The normalized spacial score (nSPS) is 46.4. The van der Waals surface area contributed by atoms with Crippen molar-refractivity contribution in [2.45, 2.75) is 78.1 Å². The molecule has 0 bridgehead atoms. The van der Waals surface area contributed by atoms with Crippen molar-refractivity contribution in [3.05, 3.63) is 23.3 Å². The van der Waals surface area contributed by atoms with Crippen LogP contribution in [0.1, 0.15) is 60.3 Å². The maximum absolute atomic E-state index is 12.8. The van der Waals surface area contributed by atoms with Crippen LogP contribution in [0.4, 0.5) is 0 Å². The van der Waals surface area contributed by atoms with Gasteiger partial charge in [0.2, 0.25) is 0 Å². The minimum Gasteiger partial charge on any atom is -0.389 e. The standard InChI is InChI=1S/C20H30O3/c1-12(2)15-9-17(22)19(4)11-18-20(5,23-18)10-14(21)8-13(3)6-7-16(15)19/h8-9,12,14,16,18,21H,6-7,10-11H2,1-5H3/b13-8+/t14-,16-,18-,19+,20-/m0/s1. The van der Waals surface area contributed by atoms with E-state index in [9.17, 15) is 9.90 Å². The molecule has 1 N–H and O–H groups in total. The van der Waals surface area contributed by atoms with E-state index in [1.165, 1.54) is 11.1 Å². The van der Waals surface area contributed by atoms with Crippen molar-refractivity contribution in [3.63, 3.8) is 0 Å². The second-order valence-electron chi connectivity index (χ2n) is 8.58. The summed E-state index contributed by atoms with van der Waals surface area (Å²) in [5.41, 5.74) is 1.88. The number of hydrogen-bond donors (Lipinski definition) is 1. The molecule has 23 heavy (non-hydrogen) atoms. The molecule has 0 amide bonds. The number of ether oxygens (including phenoxy) is 1. The second-order valence-corrected chi connectivity index (χ2v) is 8.58. The highest BCUT2D eigenvalue weighted by Crippen LogP contribution is 2.54. The van der Waals surface area contributed by atoms with Crippen LogP contribution in [-0.2, 0) is 9.53 Å². The van der Waals surface area contributed by atoms with Gasteiger partial charge < -0.3 is 9.84 Å². The Morgan fingerprint density at radius 2 is 2.00 bits per heavy atom. The first-order valence-corrected chi connectivity index (χ1v) is 8.95. The van der Waals surface area contributed by atoms with Gasteiger partial charge in [0.1, 0.15) is 0 Å². The zero-order valence-electron chi connectivity index (χ0n) is 15.1. The molecule has 128 valence electrons. The predicted molar refractivity (Wildman–Crippen MR) is 91.0 cm³/mol. The molecule has 0 aromatic rings. The molecule has 0 aromatic carbocycles. The van der Waals surface area contributed by atoms with Gasteiger partial charge in [-0.2, -0.15) is 0 Å². The highest BCUT2D eigenvalue weighted by atomic mass is 16.6. The van der Waals surface area contributed by atoms with Crippen LogP contribution in [0.15, 0.2) is 23.3 Å². The van der Waals surface area contributed by atoms with Crippen molar-refractivity contribution in [2.75, 3.05) is 0 Å². The van der Waals surface area contributed by atoms with E-state index in [0.29, 0.717) is 18.3 Å². The number of aliphatic hydroxyl groups excluding tert-OH is 1. The van der Waals surface area contributed by atoms with Crippen molar-refractivity contribution in [1.82, 2.24) is 0 Å². The molecule has 0 radical (unpaired) electrons. The Kier molecular flexibility index (Phi) is 4.09. The molecule has 5 atom stereocenters. The Balaban J connectivity index is 1.94. The Morgan fingerprint density at radius 3 is 2.65 bits per heavy atom. The third-order valence-corrected chi connectivity index (χ3v) is 6.26. The number of ketones is 1. The van der Waals surface area contributed by atoms with Crippen LogP contribution in [0.3, 0.4) is 0 Å². The molecule has 1 saturated heterocycles. The molecule has 3 rings (SSSR count). The van der Waals surface area contributed by atoms with Gasteiger partial charge in [-0.15, -0.1) is 0 Å². The fourth-order valence-electron chi connectivity index (χ4n) is 4.62. The van der Waals surface area contributed by atoms with Crippen LogP contribution in [-0.4, -0.2) is 28.7 Å². The largest absolute Gasteiger partial charge is 0.389 e. The summed E-state index contributed by atoms with van der Waals surface area (Å²) in [6.45, 7) is 10.6. The quantitative estimate of drug-likeness (QED) is 0.591. The third kappa shape index (κ3) is 2.94. The number of hydrogen-bond acceptors (Lipinski definition) is 3. The maximum Gasteiger partial charge on any atom is 0.162 e. The van der Waals surface area contributed by atoms with E-state index in [4.69, 9.17) is 4.74 Å². The maximum atomic E-state index is 12.8. The molecule has 3 heteroatoms. The average Bonchev–Trinajstić information content (AvgIpc) is 2.95. The van der Waals surface area contributed by atoms with Gasteiger partial charge in [-0.3, -0.25) is 4.79 Å². The summed E-state index contributed by atoms with van der Waals surface area (Å²) in [6, 6.07) is 0. The molecule has 3 aliphatic rings. The minimum absolute atomic E-state index is 0.0836. The number of epoxide rings is 1. The molecular formula is C20H30O3. The number of carbonyl (C=O) groups is 1. The Bertz CT molecular complexity index is 573. The molecule has 2 aliphatic carbocycles. The molecule has 3 nitrogen and oxygen atoms in total. The lowest BCUT2D eigenvalue weighted by Gasteiger charge is -2.33. The summed E-state index contributed by atoms with van der Waals surface area (Å²) in [6.07, 6.45) is 6.82. The minimum atomic E-state index is -0.452. The van der Waals surface area contributed by atoms with E-state index in [1.807, 2.05) is 12.2 Å². The van der Waals surface area contributed by atoms with Gasteiger partial charge in [0.15, 0.2) is 5.78 Å². The van der Waals surface area contributed by atoms with E-state index in [-0.39, 0.29) is 22.9 Å². The third-order valence-electron chi connectivity index (χ3n) is 6.26. The van der Waals surface area contributed by atoms with Gasteiger partial charge in [-0.25, -0.2) is 0 Å². The SMILES string of the molecule is C/C1=C\[C@H](O)C[C@]2(C)O[C@H]2C[C@@]2(C)C(=O)C=C(C(C)C)[C@@H]2CC1. The number of fused-ring (bicyclic) bond motifs is 2. The van der Waals surface area contributed by atoms with Crippen molar-refractivity contribution < 1.29 is 14.6 Å². The van der Waals surface area contributed by atoms with E-state index in [1.54, 1.807) is 0 Å². The molecule has 1 aliphatic heterocycles. The Hall–Kier alpha value is -0.930. The lowest BCUT2D eigenvalue weighted by molar-refractivity contribution is -0.124. The summed E-state index contributed by atoms with van der Waals surface area (Å²) in [7, 11) is 0. The van der Waals surface area contributed by atoms with Crippen LogP contribution in [0.2, 0.25) is 0 Å². The average molecular weight is 318 g/mol. The van der Waals surface area contributed by atoms with E-state index in [0.717, 1.165) is 19.3 Å². The van der Waals surface area contributed by atoms with Gasteiger partial charge in [0.25, 0.3) is 0 Å². The zero-order valence-corrected chi connectivity index (χ0v) is 15.1. The highest BCUT2D eigenvalue weighted by Gasteiger charge is 2.58. The van der Waals surface area contributed by atoms with Crippen molar-refractivity contribution in [3.8, 4) is 0 Å². The topological polar surface area (TPSA) is 49.8 Å². The van der Waals surface area contributed by atoms with Gasteiger partial charge in [0, 0.05) is 11.8 Å². The predicted octanol–water partition coefficient (Wildman–Crippen LogP) is 3.81.